The molecule has 250 valence electrons. The number of benzene rings is 5. The first-order chi connectivity index (χ1) is 24.2. The van der Waals surface area contributed by atoms with Crippen molar-refractivity contribution in [2.45, 2.75) is 53.4 Å². The third kappa shape index (κ3) is 6.92. The van der Waals surface area contributed by atoms with E-state index in [2.05, 4.69) is 110 Å². The molecule has 2 heterocycles. The van der Waals surface area contributed by atoms with E-state index in [1.165, 1.54) is 35.4 Å². The van der Waals surface area contributed by atoms with Crippen molar-refractivity contribution in [3.8, 4) is 34.2 Å². The summed E-state index contributed by atoms with van der Waals surface area (Å²) in [6.45, 7) is 8.44. The summed E-state index contributed by atoms with van der Waals surface area (Å²) in [5.41, 5.74) is 13.1. The lowest BCUT2D eigenvalue weighted by atomic mass is 10.0. The van der Waals surface area contributed by atoms with Crippen molar-refractivity contribution in [2.24, 2.45) is 0 Å². The molecular weight excluding hydrogens is 623 g/mol. The Morgan fingerprint density at radius 1 is 0.460 bits per heavy atom. The second-order valence-corrected chi connectivity index (χ2v) is 13.2. The van der Waals surface area contributed by atoms with Crippen molar-refractivity contribution in [2.75, 3.05) is 0 Å². The highest BCUT2D eigenvalue weighted by Gasteiger charge is 2.17. The lowest BCUT2D eigenvalue weighted by molar-refractivity contribution is 0.627. The summed E-state index contributed by atoms with van der Waals surface area (Å²) in [6.07, 6.45) is 7.49. The van der Waals surface area contributed by atoms with Crippen LogP contribution in [0.3, 0.4) is 0 Å². The van der Waals surface area contributed by atoms with Gasteiger partial charge in [0, 0.05) is 23.5 Å². The Morgan fingerprint density at radius 2 is 0.820 bits per heavy atom. The minimum Gasteiger partial charge on any atom is -0.299 e. The van der Waals surface area contributed by atoms with Crippen molar-refractivity contribution in [1.29, 1.82) is 0 Å². The predicted octanol–water partition coefficient (Wildman–Crippen LogP) is 10.5. The monoisotopic (exact) mass is 662 g/mol. The lowest BCUT2D eigenvalue weighted by Gasteiger charge is -2.13. The van der Waals surface area contributed by atoms with Gasteiger partial charge in [-0.15, -0.1) is 0 Å². The van der Waals surface area contributed by atoms with E-state index < -0.39 is 0 Å². The zero-order valence-electron chi connectivity index (χ0n) is 28.9. The van der Waals surface area contributed by atoms with Gasteiger partial charge in [-0.3, -0.25) is 9.13 Å². The first-order valence-corrected chi connectivity index (χ1v) is 17.1. The molecule has 0 atom stereocenters. The maximum atomic E-state index is 13.8. The van der Waals surface area contributed by atoms with Crippen LogP contribution in [0.5, 0.6) is 0 Å². The normalized spacial score (nSPS) is 11.3. The van der Waals surface area contributed by atoms with Gasteiger partial charge in [0.05, 0.1) is 22.8 Å². The Bertz CT molecular complexity index is 2080. The molecule has 0 unspecified atom stereocenters. The van der Waals surface area contributed by atoms with E-state index in [0.717, 1.165) is 93.5 Å². The van der Waals surface area contributed by atoms with Crippen molar-refractivity contribution in [3.05, 3.63) is 178 Å². The van der Waals surface area contributed by atoms with Gasteiger partial charge in [0.1, 0.15) is 23.3 Å². The number of imidazole rings is 2. The summed E-state index contributed by atoms with van der Waals surface area (Å²) in [5.74, 6) is 1.10. The molecule has 2 aromatic heterocycles. The van der Waals surface area contributed by atoms with Gasteiger partial charge in [-0.25, -0.2) is 18.7 Å². The molecule has 0 saturated heterocycles. The first kappa shape index (κ1) is 32.9. The van der Waals surface area contributed by atoms with Crippen molar-refractivity contribution >= 4 is 0 Å². The first-order valence-electron chi connectivity index (χ1n) is 17.1. The number of rotatable bonds is 10. The Morgan fingerprint density at radius 3 is 1.20 bits per heavy atom. The van der Waals surface area contributed by atoms with E-state index >= 15 is 0 Å². The van der Waals surface area contributed by atoms with Gasteiger partial charge < -0.3 is 0 Å². The third-order valence-electron chi connectivity index (χ3n) is 9.41. The van der Waals surface area contributed by atoms with E-state index in [4.69, 9.17) is 9.97 Å². The van der Waals surface area contributed by atoms with Gasteiger partial charge in [-0.1, -0.05) is 60.7 Å². The SMILES string of the molecule is Cc1cccc(C)c1-n1cc(CCc2cccc(CCc3cn(-c4c(C)cccc4C)c(-c4ccc(F)cc4)n3)c2)nc1-c1ccc(F)cc1. The van der Waals surface area contributed by atoms with Gasteiger partial charge in [0.25, 0.3) is 0 Å². The fourth-order valence-corrected chi connectivity index (χ4v) is 6.90. The molecule has 50 heavy (non-hydrogen) atoms. The molecule has 0 bridgehead atoms. The summed E-state index contributed by atoms with van der Waals surface area (Å²) in [6, 6.07) is 34.5. The molecule has 0 aliphatic carbocycles. The lowest BCUT2D eigenvalue weighted by Crippen LogP contribution is -2.01. The van der Waals surface area contributed by atoms with Crippen molar-refractivity contribution < 1.29 is 8.78 Å². The minimum absolute atomic E-state index is 0.262. The highest BCUT2D eigenvalue weighted by atomic mass is 19.1. The quantitative estimate of drug-likeness (QED) is 0.146. The maximum absolute atomic E-state index is 13.8. The summed E-state index contributed by atoms with van der Waals surface area (Å²) in [7, 11) is 0. The number of halogens is 2. The molecule has 7 rings (SSSR count). The summed E-state index contributed by atoms with van der Waals surface area (Å²) >= 11 is 0. The van der Waals surface area contributed by atoms with Gasteiger partial charge in [-0.05, 0) is 135 Å². The second kappa shape index (κ2) is 14.1. The number of hydrogen-bond acceptors (Lipinski definition) is 2. The predicted molar refractivity (Wildman–Crippen MR) is 198 cm³/mol. The number of nitrogens with zero attached hydrogens (tertiary/aromatic N) is 4. The average molecular weight is 663 g/mol. The van der Waals surface area contributed by atoms with E-state index in [-0.39, 0.29) is 11.6 Å². The zero-order valence-corrected chi connectivity index (χ0v) is 28.9. The smallest absolute Gasteiger partial charge is 0.144 e. The average Bonchev–Trinajstić information content (AvgIpc) is 3.72. The zero-order chi connectivity index (χ0) is 34.8. The van der Waals surface area contributed by atoms with Crippen LogP contribution in [0.15, 0.2) is 122 Å². The molecule has 7 aromatic rings. The fourth-order valence-electron chi connectivity index (χ4n) is 6.90. The van der Waals surface area contributed by atoms with E-state index in [1.807, 2.05) is 0 Å². The van der Waals surface area contributed by atoms with Gasteiger partial charge in [0.15, 0.2) is 0 Å². The highest BCUT2D eigenvalue weighted by molar-refractivity contribution is 5.63. The molecule has 0 amide bonds. The molecule has 5 aromatic carbocycles. The van der Waals surface area contributed by atoms with Crippen molar-refractivity contribution in [1.82, 2.24) is 19.1 Å². The molecule has 0 aliphatic heterocycles. The molecule has 4 nitrogen and oxygen atoms in total. The van der Waals surface area contributed by atoms with Crippen LogP contribution in [0.1, 0.15) is 44.8 Å². The van der Waals surface area contributed by atoms with Gasteiger partial charge in [0.2, 0.25) is 0 Å². The van der Waals surface area contributed by atoms with Crippen LogP contribution in [0.4, 0.5) is 8.78 Å². The van der Waals surface area contributed by atoms with E-state index in [9.17, 15) is 8.78 Å². The molecule has 0 aliphatic rings. The van der Waals surface area contributed by atoms with Crippen LogP contribution >= 0.6 is 0 Å². The topological polar surface area (TPSA) is 35.6 Å². The second-order valence-electron chi connectivity index (χ2n) is 13.2. The van der Waals surface area contributed by atoms with Crippen LogP contribution < -0.4 is 0 Å². The van der Waals surface area contributed by atoms with Crippen LogP contribution in [-0.4, -0.2) is 19.1 Å². The fraction of sp³-hybridized carbons (Fsp3) is 0.182. The van der Waals surface area contributed by atoms with Crippen LogP contribution in [0.25, 0.3) is 34.2 Å². The number of para-hydroxylation sites is 2. The standard InChI is InChI=1S/C44H40F2N4/c1-29-8-5-9-30(2)41(29)49-27-39(47-43(49)35-16-20-37(45)21-17-35)24-14-33-12-7-13-34(26-33)15-25-40-28-50(42-31(3)10-6-11-32(42)4)44(48-40)36-18-22-38(46)23-19-36/h5-13,16-23,26-28H,14-15,24-25H2,1-4H3. The molecular formula is C44H40F2N4. The molecule has 0 fully saturated rings. The van der Waals surface area contributed by atoms with E-state index in [0.29, 0.717) is 0 Å². The Labute approximate surface area is 292 Å². The Kier molecular flexibility index (Phi) is 9.27. The highest BCUT2D eigenvalue weighted by Crippen LogP contribution is 2.30. The summed E-state index contributed by atoms with van der Waals surface area (Å²) in [4.78, 5) is 10.1. The molecule has 0 spiro atoms. The molecule has 0 radical (unpaired) electrons. The van der Waals surface area contributed by atoms with Crippen molar-refractivity contribution in [3.63, 3.8) is 0 Å². The van der Waals surface area contributed by atoms with Gasteiger partial charge in [-0.2, -0.15) is 0 Å². The Balaban J connectivity index is 1.11. The summed E-state index contributed by atoms with van der Waals surface area (Å²) in [5, 5.41) is 0. The third-order valence-corrected chi connectivity index (χ3v) is 9.41. The van der Waals surface area contributed by atoms with Crippen LogP contribution in [0.2, 0.25) is 0 Å². The largest absolute Gasteiger partial charge is 0.299 e. The van der Waals surface area contributed by atoms with Crippen LogP contribution in [-0.2, 0) is 25.7 Å². The Hall–Kier alpha value is -5.62. The van der Waals surface area contributed by atoms with E-state index in [1.54, 1.807) is 24.3 Å². The molecule has 6 heteroatoms. The molecule has 0 saturated carbocycles. The summed E-state index contributed by atoms with van der Waals surface area (Å²) < 4.78 is 31.9. The number of aromatic nitrogens is 4. The maximum Gasteiger partial charge on any atom is 0.144 e. The minimum atomic E-state index is -0.262. The van der Waals surface area contributed by atoms with Crippen LogP contribution in [0, 0.1) is 39.3 Å². The molecule has 0 N–H and O–H groups in total. The number of hydrogen-bond donors (Lipinski definition) is 0. The van der Waals surface area contributed by atoms with Gasteiger partial charge >= 0.3 is 0 Å². The number of aryl methyl sites for hydroxylation is 8.